The van der Waals surface area contributed by atoms with Gasteiger partial charge in [-0.1, -0.05) is 57.0 Å². The van der Waals surface area contributed by atoms with Gasteiger partial charge in [0, 0.05) is 18.4 Å². The molecule has 0 amide bonds. The highest BCUT2D eigenvalue weighted by molar-refractivity contribution is 6.31. The molecule has 0 radical (unpaired) electrons. The summed E-state index contributed by atoms with van der Waals surface area (Å²) in [6.45, 7) is 2.26. The minimum atomic E-state index is 0.520. The molecule has 1 unspecified atom stereocenters. The molecule has 19 heavy (non-hydrogen) atoms. The minimum absolute atomic E-state index is 0.520. The second-order valence-corrected chi connectivity index (χ2v) is 5.62. The van der Waals surface area contributed by atoms with Crippen LogP contribution in [0.1, 0.15) is 57.4 Å². The molecule has 1 aromatic rings. The average molecular weight is 283 g/mol. The summed E-state index contributed by atoms with van der Waals surface area (Å²) in [4.78, 5) is 4.03. The van der Waals surface area contributed by atoms with Crippen molar-refractivity contribution < 1.29 is 0 Å². The van der Waals surface area contributed by atoms with Crippen molar-refractivity contribution in [3.63, 3.8) is 0 Å². The number of nitrogens with zero attached hydrogens (tertiary/aromatic N) is 1. The van der Waals surface area contributed by atoms with E-state index in [4.69, 9.17) is 11.6 Å². The highest BCUT2D eigenvalue weighted by Crippen LogP contribution is 2.17. The maximum atomic E-state index is 6.15. The van der Waals surface area contributed by atoms with E-state index in [1.807, 2.05) is 19.3 Å². The Hall–Kier alpha value is -0.600. The molecule has 0 saturated carbocycles. The van der Waals surface area contributed by atoms with Crippen LogP contribution >= 0.6 is 11.6 Å². The average Bonchev–Trinajstić information content (AvgIpc) is 2.43. The van der Waals surface area contributed by atoms with Gasteiger partial charge < -0.3 is 5.32 Å². The number of pyridine rings is 1. The second kappa shape index (κ2) is 10.2. The first-order chi connectivity index (χ1) is 9.27. The standard InChI is InChI=1S/C16H27ClN2/c1-3-4-5-6-7-8-9-15(18-2)12-14-10-11-19-13-16(14)17/h10-11,13,15,18H,3-9,12H2,1-2H3. The van der Waals surface area contributed by atoms with Crippen molar-refractivity contribution in [2.24, 2.45) is 0 Å². The fraction of sp³-hybridized carbons (Fsp3) is 0.688. The van der Waals surface area contributed by atoms with E-state index in [1.165, 1.54) is 50.5 Å². The van der Waals surface area contributed by atoms with Crippen LogP contribution in [0.3, 0.4) is 0 Å². The lowest BCUT2D eigenvalue weighted by Crippen LogP contribution is -2.27. The highest BCUT2D eigenvalue weighted by Gasteiger charge is 2.09. The third kappa shape index (κ3) is 6.93. The summed E-state index contributed by atoms with van der Waals surface area (Å²) in [6, 6.07) is 2.54. The van der Waals surface area contributed by atoms with Gasteiger partial charge in [0.25, 0.3) is 0 Å². The molecule has 1 heterocycles. The number of nitrogens with one attached hydrogen (secondary N) is 1. The molecule has 0 aliphatic rings. The van der Waals surface area contributed by atoms with Gasteiger partial charge in [-0.25, -0.2) is 0 Å². The second-order valence-electron chi connectivity index (χ2n) is 5.21. The topological polar surface area (TPSA) is 24.9 Å². The molecule has 2 nitrogen and oxygen atoms in total. The van der Waals surface area contributed by atoms with Crippen molar-refractivity contribution in [3.05, 3.63) is 29.0 Å². The summed E-state index contributed by atoms with van der Waals surface area (Å²) in [7, 11) is 2.04. The van der Waals surface area contributed by atoms with E-state index in [2.05, 4.69) is 17.2 Å². The summed E-state index contributed by atoms with van der Waals surface area (Å²) in [6.07, 6.45) is 13.9. The number of likely N-dealkylation sites (N-methyl/N-ethyl adjacent to an activating group) is 1. The van der Waals surface area contributed by atoms with Gasteiger partial charge in [0.05, 0.1) is 5.02 Å². The Bertz CT molecular complexity index is 341. The van der Waals surface area contributed by atoms with E-state index >= 15 is 0 Å². The maximum absolute atomic E-state index is 6.15. The van der Waals surface area contributed by atoms with Crippen LogP contribution in [0.25, 0.3) is 0 Å². The molecule has 1 aromatic heterocycles. The van der Waals surface area contributed by atoms with E-state index in [1.54, 1.807) is 6.20 Å². The molecule has 0 spiro atoms. The van der Waals surface area contributed by atoms with Crippen molar-refractivity contribution in [2.75, 3.05) is 7.05 Å². The molecule has 0 saturated heterocycles. The first-order valence-corrected chi connectivity index (χ1v) is 7.91. The Labute approximate surface area is 123 Å². The summed E-state index contributed by atoms with van der Waals surface area (Å²) < 4.78 is 0. The monoisotopic (exact) mass is 282 g/mol. The number of halogens is 1. The van der Waals surface area contributed by atoms with E-state index in [-0.39, 0.29) is 0 Å². The van der Waals surface area contributed by atoms with Gasteiger partial charge in [-0.2, -0.15) is 0 Å². The van der Waals surface area contributed by atoms with Crippen LogP contribution in [0.4, 0.5) is 0 Å². The van der Waals surface area contributed by atoms with Crippen molar-refractivity contribution >= 4 is 11.6 Å². The van der Waals surface area contributed by atoms with Gasteiger partial charge in [0.1, 0.15) is 0 Å². The summed E-state index contributed by atoms with van der Waals surface area (Å²) in [5.41, 5.74) is 1.20. The lowest BCUT2D eigenvalue weighted by molar-refractivity contribution is 0.480. The molecule has 1 atom stereocenters. The molecule has 0 aromatic carbocycles. The Morgan fingerprint density at radius 2 is 1.95 bits per heavy atom. The predicted molar refractivity (Wildman–Crippen MR) is 83.8 cm³/mol. The van der Waals surface area contributed by atoms with Crippen LogP contribution in [-0.2, 0) is 6.42 Å². The Morgan fingerprint density at radius 1 is 1.21 bits per heavy atom. The number of aromatic nitrogens is 1. The van der Waals surface area contributed by atoms with E-state index in [9.17, 15) is 0 Å². The van der Waals surface area contributed by atoms with E-state index in [0.717, 1.165) is 11.4 Å². The third-order valence-corrected chi connectivity index (χ3v) is 3.98. The van der Waals surface area contributed by atoms with Crippen molar-refractivity contribution in [3.8, 4) is 0 Å². The fourth-order valence-corrected chi connectivity index (χ4v) is 2.55. The molecule has 0 fully saturated rings. The number of hydrogen-bond donors (Lipinski definition) is 1. The van der Waals surface area contributed by atoms with Crippen molar-refractivity contribution in [1.82, 2.24) is 10.3 Å². The quantitative estimate of drug-likeness (QED) is 0.634. The first-order valence-electron chi connectivity index (χ1n) is 7.53. The Balaban J connectivity index is 2.24. The molecular weight excluding hydrogens is 256 g/mol. The molecule has 1 rings (SSSR count). The minimum Gasteiger partial charge on any atom is -0.317 e. The fourth-order valence-electron chi connectivity index (χ4n) is 2.35. The molecule has 1 N–H and O–H groups in total. The van der Waals surface area contributed by atoms with Crippen LogP contribution in [0.15, 0.2) is 18.5 Å². The van der Waals surface area contributed by atoms with E-state index < -0.39 is 0 Å². The van der Waals surface area contributed by atoms with Crippen molar-refractivity contribution in [1.29, 1.82) is 0 Å². The molecule has 0 bridgehead atoms. The predicted octanol–water partition coefficient (Wildman–Crippen LogP) is 4.62. The van der Waals surface area contributed by atoms with Gasteiger partial charge in [0.2, 0.25) is 0 Å². The molecule has 3 heteroatoms. The van der Waals surface area contributed by atoms with E-state index in [0.29, 0.717) is 6.04 Å². The van der Waals surface area contributed by atoms with Crippen molar-refractivity contribution in [2.45, 2.75) is 64.3 Å². The third-order valence-electron chi connectivity index (χ3n) is 3.64. The van der Waals surface area contributed by atoms with Gasteiger partial charge in [-0.3, -0.25) is 4.98 Å². The lowest BCUT2D eigenvalue weighted by atomic mass is 10.0. The van der Waals surface area contributed by atoms with Crippen LogP contribution < -0.4 is 5.32 Å². The van der Waals surface area contributed by atoms with Gasteiger partial charge in [0.15, 0.2) is 0 Å². The highest BCUT2D eigenvalue weighted by atomic mass is 35.5. The van der Waals surface area contributed by atoms with Gasteiger partial charge >= 0.3 is 0 Å². The number of unbranched alkanes of at least 4 members (excludes halogenated alkanes) is 5. The molecular formula is C16H27ClN2. The molecule has 108 valence electrons. The van der Waals surface area contributed by atoms with Crippen LogP contribution in [-0.4, -0.2) is 18.1 Å². The zero-order chi connectivity index (χ0) is 13.9. The summed E-state index contributed by atoms with van der Waals surface area (Å²) >= 11 is 6.15. The zero-order valence-corrected chi connectivity index (χ0v) is 13.0. The zero-order valence-electron chi connectivity index (χ0n) is 12.3. The maximum Gasteiger partial charge on any atom is 0.0621 e. The lowest BCUT2D eigenvalue weighted by Gasteiger charge is -2.16. The summed E-state index contributed by atoms with van der Waals surface area (Å²) in [5.74, 6) is 0. The van der Waals surface area contributed by atoms with Crippen LogP contribution in [0.2, 0.25) is 5.02 Å². The smallest absolute Gasteiger partial charge is 0.0621 e. The largest absolute Gasteiger partial charge is 0.317 e. The Kier molecular flexibility index (Phi) is 8.85. The molecule has 0 aliphatic carbocycles. The summed E-state index contributed by atoms with van der Waals surface area (Å²) in [5, 5.41) is 4.18. The first kappa shape index (κ1) is 16.5. The van der Waals surface area contributed by atoms with Crippen LogP contribution in [0, 0.1) is 0 Å². The normalized spacial score (nSPS) is 12.6. The Morgan fingerprint density at radius 3 is 2.63 bits per heavy atom. The van der Waals surface area contributed by atoms with Crippen LogP contribution in [0.5, 0.6) is 0 Å². The molecule has 0 aliphatic heterocycles. The number of rotatable bonds is 10. The number of hydrogen-bond acceptors (Lipinski definition) is 2. The van der Waals surface area contributed by atoms with Gasteiger partial charge in [-0.15, -0.1) is 0 Å². The van der Waals surface area contributed by atoms with Gasteiger partial charge in [-0.05, 0) is 31.5 Å². The SMILES string of the molecule is CCCCCCCCC(Cc1ccncc1Cl)NC.